The molecule has 1 aromatic heterocycles. The number of rotatable bonds is 5. The molecule has 0 radical (unpaired) electrons. The number of H-pyrrole nitrogens is 1. The Morgan fingerprint density at radius 2 is 2.11 bits per heavy atom. The Bertz CT molecular complexity index is 513. The number of aromatic nitrogens is 1. The first-order valence-electron chi connectivity index (χ1n) is 5.45. The van der Waals surface area contributed by atoms with Crippen LogP contribution in [0.3, 0.4) is 0 Å². The van der Waals surface area contributed by atoms with Crippen LogP contribution in [0.4, 0.5) is 4.39 Å². The van der Waals surface area contributed by atoms with Crippen LogP contribution in [0.1, 0.15) is 10.5 Å². The minimum Gasteiger partial charge on any atom is -0.460 e. The summed E-state index contributed by atoms with van der Waals surface area (Å²) in [7, 11) is 0. The van der Waals surface area contributed by atoms with Gasteiger partial charge in [0.1, 0.15) is 18.1 Å². The van der Waals surface area contributed by atoms with Crippen molar-refractivity contribution in [3.8, 4) is 0 Å². The van der Waals surface area contributed by atoms with E-state index in [1.54, 1.807) is 36.5 Å². The molecule has 18 heavy (non-hydrogen) atoms. The Morgan fingerprint density at radius 1 is 1.28 bits per heavy atom. The number of halogens is 1. The maximum Gasteiger partial charge on any atom is 0.354 e. The van der Waals surface area contributed by atoms with Gasteiger partial charge >= 0.3 is 5.97 Å². The first-order chi connectivity index (χ1) is 8.77. The minimum absolute atomic E-state index is 0.247. The molecule has 0 spiro atoms. The lowest BCUT2D eigenvalue weighted by Crippen LogP contribution is -2.08. The zero-order valence-corrected chi connectivity index (χ0v) is 10.4. The van der Waals surface area contributed by atoms with Crippen molar-refractivity contribution in [2.75, 3.05) is 12.4 Å². The number of nitrogens with one attached hydrogen (secondary N) is 1. The van der Waals surface area contributed by atoms with Gasteiger partial charge in [-0.1, -0.05) is 12.1 Å². The van der Waals surface area contributed by atoms with Crippen molar-refractivity contribution in [2.24, 2.45) is 0 Å². The topological polar surface area (TPSA) is 42.1 Å². The molecule has 3 nitrogen and oxygen atoms in total. The summed E-state index contributed by atoms with van der Waals surface area (Å²) in [5.41, 5.74) is 0.422. The van der Waals surface area contributed by atoms with Crippen LogP contribution in [0.15, 0.2) is 47.5 Å². The largest absolute Gasteiger partial charge is 0.460 e. The molecule has 0 bridgehead atoms. The number of aromatic amines is 1. The number of hydrogen-bond acceptors (Lipinski definition) is 3. The van der Waals surface area contributed by atoms with Gasteiger partial charge < -0.3 is 9.72 Å². The standard InChI is InChI=1S/C13H12FNO2S/c14-10-4-1-2-6-12(10)18-9-8-17-13(16)11-5-3-7-15-11/h1-7,15H,8-9H2. The predicted octanol–water partition coefficient (Wildman–Crippen LogP) is 3.10. The lowest BCUT2D eigenvalue weighted by Gasteiger charge is -2.04. The molecule has 0 unspecified atom stereocenters. The molecule has 2 aromatic rings. The van der Waals surface area contributed by atoms with E-state index in [1.165, 1.54) is 17.8 Å². The van der Waals surface area contributed by atoms with E-state index in [-0.39, 0.29) is 12.4 Å². The highest BCUT2D eigenvalue weighted by molar-refractivity contribution is 7.99. The molecule has 0 aliphatic rings. The third-order valence-corrected chi connectivity index (χ3v) is 3.24. The zero-order chi connectivity index (χ0) is 12.8. The van der Waals surface area contributed by atoms with E-state index in [0.29, 0.717) is 16.3 Å². The summed E-state index contributed by atoms with van der Waals surface area (Å²) >= 11 is 1.32. The Balaban J connectivity index is 1.74. The van der Waals surface area contributed by atoms with Gasteiger partial charge in [-0.3, -0.25) is 0 Å². The van der Waals surface area contributed by atoms with Crippen LogP contribution >= 0.6 is 11.8 Å². The third kappa shape index (κ3) is 3.37. The van der Waals surface area contributed by atoms with E-state index in [4.69, 9.17) is 4.74 Å². The Hall–Kier alpha value is -1.75. The van der Waals surface area contributed by atoms with Crippen LogP contribution < -0.4 is 0 Å². The number of ether oxygens (including phenoxy) is 1. The number of thioether (sulfide) groups is 1. The van der Waals surface area contributed by atoms with Crippen LogP contribution in [-0.2, 0) is 4.74 Å². The summed E-state index contributed by atoms with van der Waals surface area (Å²) < 4.78 is 18.3. The Labute approximate surface area is 108 Å². The normalized spacial score (nSPS) is 10.3. The molecule has 0 amide bonds. The number of hydrogen-bond donors (Lipinski definition) is 1. The smallest absolute Gasteiger partial charge is 0.354 e. The van der Waals surface area contributed by atoms with Crippen LogP contribution in [-0.4, -0.2) is 23.3 Å². The number of carbonyl (C=O) groups excluding carboxylic acids is 1. The van der Waals surface area contributed by atoms with Gasteiger partial charge in [0.2, 0.25) is 0 Å². The lowest BCUT2D eigenvalue weighted by atomic mass is 10.3. The van der Waals surface area contributed by atoms with Crippen molar-refractivity contribution in [1.29, 1.82) is 0 Å². The number of benzene rings is 1. The van der Waals surface area contributed by atoms with E-state index in [2.05, 4.69) is 4.98 Å². The lowest BCUT2D eigenvalue weighted by molar-refractivity contribution is 0.0524. The van der Waals surface area contributed by atoms with Gasteiger partial charge in [0.25, 0.3) is 0 Å². The monoisotopic (exact) mass is 265 g/mol. The average molecular weight is 265 g/mol. The molecule has 0 saturated heterocycles. The predicted molar refractivity (Wildman–Crippen MR) is 68.2 cm³/mol. The second-order valence-corrected chi connectivity index (χ2v) is 4.64. The van der Waals surface area contributed by atoms with E-state index < -0.39 is 5.97 Å². The first-order valence-corrected chi connectivity index (χ1v) is 6.44. The second kappa shape index (κ2) is 6.26. The molecule has 2 rings (SSSR count). The van der Waals surface area contributed by atoms with Crippen LogP contribution in [0.25, 0.3) is 0 Å². The highest BCUT2D eigenvalue weighted by Gasteiger charge is 2.07. The van der Waals surface area contributed by atoms with Gasteiger partial charge in [-0.25, -0.2) is 9.18 Å². The molecule has 0 fully saturated rings. The highest BCUT2D eigenvalue weighted by Crippen LogP contribution is 2.20. The molecule has 1 heterocycles. The van der Waals surface area contributed by atoms with Crippen molar-refractivity contribution in [3.05, 3.63) is 54.1 Å². The van der Waals surface area contributed by atoms with Crippen LogP contribution in [0.5, 0.6) is 0 Å². The number of carbonyl (C=O) groups is 1. The number of esters is 1. The molecule has 5 heteroatoms. The first kappa shape index (κ1) is 12.7. The quantitative estimate of drug-likeness (QED) is 0.513. The van der Waals surface area contributed by atoms with Gasteiger partial charge in [0, 0.05) is 16.8 Å². The molecular weight excluding hydrogens is 253 g/mol. The van der Waals surface area contributed by atoms with Gasteiger partial charge in [0.15, 0.2) is 0 Å². The zero-order valence-electron chi connectivity index (χ0n) is 9.56. The van der Waals surface area contributed by atoms with Gasteiger partial charge in [0.05, 0.1) is 0 Å². The minimum atomic E-state index is -0.394. The van der Waals surface area contributed by atoms with Gasteiger partial charge in [-0.2, -0.15) is 0 Å². The SMILES string of the molecule is O=C(OCCSc1ccccc1F)c1ccc[nH]1. The maximum atomic E-state index is 13.3. The van der Waals surface area contributed by atoms with Crippen molar-refractivity contribution in [3.63, 3.8) is 0 Å². The fourth-order valence-corrected chi connectivity index (χ4v) is 2.15. The summed E-state index contributed by atoms with van der Waals surface area (Å²) in [6.45, 7) is 0.247. The van der Waals surface area contributed by atoms with E-state index in [9.17, 15) is 9.18 Å². The highest BCUT2D eigenvalue weighted by atomic mass is 32.2. The fourth-order valence-electron chi connectivity index (χ4n) is 1.38. The molecule has 1 N–H and O–H groups in total. The molecule has 0 aliphatic carbocycles. The molecule has 0 saturated carbocycles. The maximum absolute atomic E-state index is 13.3. The van der Waals surface area contributed by atoms with E-state index in [1.807, 2.05) is 0 Å². The van der Waals surface area contributed by atoms with Crippen molar-refractivity contribution < 1.29 is 13.9 Å². The molecule has 1 aromatic carbocycles. The fraction of sp³-hybridized carbons (Fsp3) is 0.154. The van der Waals surface area contributed by atoms with Crippen LogP contribution in [0.2, 0.25) is 0 Å². The van der Waals surface area contributed by atoms with Gasteiger partial charge in [-0.15, -0.1) is 11.8 Å². The summed E-state index contributed by atoms with van der Waals surface area (Å²) in [6.07, 6.45) is 1.66. The average Bonchev–Trinajstić information content (AvgIpc) is 2.90. The van der Waals surface area contributed by atoms with Crippen molar-refractivity contribution in [2.45, 2.75) is 4.90 Å². The molecule has 0 atom stereocenters. The van der Waals surface area contributed by atoms with Crippen molar-refractivity contribution >= 4 is 17.7 Å². The summed E-state index contributed by atoms with van der Waals surface area (Å²) in [5, 5.41) is 0. The molecule has 94 valence electrons. The van der Waals surface area contributed by atoms with E-state index in [0.717, 1.165) is 0 Å². The molecule has 0 aliphatic heterocycles. The molecular formula is C13H12FNO2S. The van der Waals surface area contributed by atoms with Gasteiger partial charge in [-0.05, 0) is 24.3 Å². The Kier molecular flexibility index (Phi) is 4.41. The summed E-state index contributed by atoms with van der Waals surface area (Å²) in [6, 6.07) is 9.90. The van der Waals surface area contributed by atoms with Crippen molar-refractivity contribution in [1.82, 2.24) is 4.98 Å². The summed E-state index contributed by atoms with van der Waals surface area (Å²) in [4.78, 5) is 14.8. The van der Waals surface area contributed by atoms with E-state index >= 15 is 0 Å². The Morgan fingerprint density at radius 3 is 2.83 bits per heavy atom. The summed E-state index contributed by atoms with van der Waals surface area (Å²) in [5.74, 6) is -0.125. The third-order valence-electron chi connectivity index (χ3n) is 2.23. The second-order valence-electron chi connectivity index (χ2n) is 3.50. The van der Waals surface area contributed by atoms with Crippen LogP contribution in [0, 0.1) is 5.82 Å².